The van der Waals surface area contributed by atoms with Gasteiger partial charge in [0.1, 0.15) is 0 Å². The molecule has 0 aliphatic carbocycles. The second-order valence-corrected chi connectivity index (χ2v) is 4.28. The molecule has 0 unspecified atom stereocenters. The Bertz CT molecular complexity index is 259. The molecule has 0 aliphatic rings. The lowest BCUT2D eigenvalue weighted by Crippen LogP contribution is -2.30. The van der Waals surface area contributed by atoms with Crippen molar-refractivity contribution in [3.63, 3.8) is 0 Å². The largest absolute Gasteiger partial charge is 0.319 e. The van der Waals surface area contributed by atoms with Crippen LogP contribution in [0.2, 0.25) is 0 Å². The summed E-state index contributed by atoms with van der Waals surface area (Å²) in [7, 11) is 2.00. The van der Waals surface area contributed by atoms with E-state index in [1.165, 1.54) is 11.1 Å². The molecule has 0 amide bonds. The van der Waals surface area contributed by atoms with E-state index in [1.54, 1.807) is 0 Å². The summed E-state index contributed by atoms with van der Waals surface area (Å²) >= 11 is 0. The van der Waals surface area contributed by atoms with Gasteiger partial charge in [0.05, 0.1) is 0 Å². The second kappa shape index (κ2) is 3.93. The molecule has 0 heterocycles. The van der Waals surface area contributed by atoms with Gasteiger partial charge in [-0.25, -0.2) is 0 Å². The van der Waals surface area contributed by atoms with Crippen LogP contribution in [-0.2, 0) is 5.41 Å². The lowest BCUT2D eigenvalue weighted by Gasteiger charge is -2.24. The Labute approximate surface area is 81.2 Å². The highest BCUT2D eigenvalue weighted by molar-refractivity contribution is 5.27. The van der Waals surface area contributed by atoms with E-state index in [9.17, 15) is 0 Å². The molecule has 1 N–H and O–H groups in total. The van der Waals surface area contributed by atoms with E-state index < -0.39 is 0 Å². The summed E-state index contributed by atoms with van der Waals surface area (Å²) < 4.78 is 0. The number of benzene rings is 1. The third kappa shape index (κ3) is 2.56. The maximum absolute atomic E-state index is 3.22. The molecule has 1 nitrogen and oxygen atoms in total. The molecule has 13 heavy (non-hydrogen) atoms. The summed E-state index contributed by atoms with van der Waals surface area (Å²) in [5.41, 5.74) is 2.94. The fourth-order valence-corrected chi connectivity index (χ4v) is 1.55. The summed E-state index contributed by atoms with van der Waals surface area (Å²) in [6.07, 6.45) is 0. The first-order chi connectivity index (χ1) is 6.06. The predicted octanol–water partition coefficient (Wildman–Crippen LogP) is 2.49. The Balaban J connectivity index is 2.87. The lowest BCUT2D eigenvalue weighted by atomic mass is 9.84. The van der Waals surface area contributed by atoms with E-state index in [0.717, 1.165) is 6.54 Å². The zero-order chi connectivity index (χ0) is 9.90. The van der Waals surface area contributed by atoms with Gasteiger partial charge in [-0.1, -0.05) is 43.7 Å². The van der Waals surface area contributed by atoms with Crippen LogP contribution < -0.4 is 5.32 Å². The average Bonchev–Trinajstić information content (AvgIpc) is 2.05. The number of likely N-dealkylation sites (N-methyl/N-ethyl adjacent to an activating group) is 1. The van der Waals surface area contributed by atoms with Gasteiger partial charge in [-0.05, 0) is 19.5 Å². The quantitative estimate of drug-likeness (QED) is 0.748. The van der Waals surface area contributed by atoms with Crippen LogP contribution >= 0.6 is 0 Å². The minimum Gasteiger partial charge on any atom is -0.319 e. The van der Waals surface area contributed by atoms with Crippen molar-refractivity contribution in [2.75, 3.05) is 13.6 Å². The van der Waals surface area contributed by atoms with Crippen LogP contribution in [0.5, 0.6) is 0 Å². The Hall–Kier alpha value is -0.820. The third-order valence-corrected chi connectivity index (χ3v) is 2.45. The van der Waals surface area contributed by atoms with Gasteiger partial charge in [0.25, 0.3) is 0 Å². The Kier molecular flexibility index (Phi) is 3.10. The zero-order valence-electron chi connectivity index (χ0n) is 9.02. The monoisotopic (exact) mass is 177 g/mol. The maximum atomic E-state index is 3.22. The van der Waals surface area contributed by atoms with E-state index in [2.05, 4.69) is 50.4 Å². The van der Waals surface area contributed by atoms with Crippen molar-refractivity contribution in [1.29, 1.82) is 0 Å². The number of nitrogens with one attached hydrogen (secondary N) is 1. The summed E-state index contributed by atoms with van der Waals surface area (Å²) in [6.45, 7) is 7.65. The van der Waals surface area contributed by atoms with Gasteiger partial charge in [0.15, 0.2) is 0 Å². The third-order valence-electron chi connectivity index (χ3n) is 2.45. The van der Waals surface area contributed by atoms with Gasteiger partial charge >= 0.3 is 0 Å². The summed E-state index contributed by atoms with van der Waals surface area (Å²) in [6, 6.07) is 8.78. The molecule has 0 fully saturated rings. The normalized spacial score (nSPS) is 11.7. The van der Waals surface area contributed by atoms with Gasteiger partial charge in [-0.3, -0.25) is 0 Å². The van der Waals surface area contributed by atoms with E-state index in [0.29, 0.717) is 0 Å². The van der Waals surface area contributed by atoms with Crippen LogP contribution in [0, 0.1) is 6.92 Å². The highest BCUT2D eigenvalue weighted by Crippen LogP contribution is 2.22. The molecule has 1 heteroatoms. The fraction of sp³-hybridized carbons (Fsp3) is 0.500. The molecule has 0 spiro atoms. The molecule has 0 radical (unpaired) electrons. The van der Waals surface area contributed by atoms with Crippen LogP contribution in [0.3, 0.4) is 0 Å². The molecule has 0 aliphatic heterocycles. The van der Waals surface area contributed by atoms with Gasteiger partial charge in [0, 0.05) is 12.0 Å². The summed E-state index contributed by atoms with van der Waals surface area (Å²) in [5.74, 6) is 0. The van der Waals surface area contributed by atoms with Crippen molar-refractivity contribution in [2.45, 2.75) is 26.2 Å². The SMILES string of the molecule is CNCC(C)(C)c1ccc(C)cc1. The minimum atomic E-state index is 0.225. The van der Waals surface area contributed by atoms with Crippen molar-refractivity contribution in [3.05, 3.63) is 35.4 Å². The van der Waals surface area contributed by atoms with Crippen LogP contribution in [0.15, 0.2) is 24.3 Å². The van der Waals surface area contributed by atoms with E-state index in [-0.39, 0.29) is 5.41 Å². The molecule has 0 aromatic heterocycles. The highest BCUT2D eigenvalue weighted by atomic mass is 14.8. The molecular formula is C12H19N. The van der Waals surface area contributed by atoms with Crippen molar-refractivity contribution < 1.29 is 0 Å². The van der Waals surface area contributed by atoms with Gasteiger partial charge in [-0.2, -0.15) is 0 Å². The lowest BCUT2D eigenvalue weighted by molar-refractivity contribution is 0.494. The number of rotatable bonds is 3. The average molecular weight is 177 g/mol. The standard InChI is InChI=1S/C12H19N/c1-10-5-7-11(8-6-10)12(2,3)9-13-4/h5-8,13H,9H2,1-4H3. The van der Waals surface area contributed by atoms with Crippen molar-refractivity contribution in [3.8, 4) is 0 Å². The highest BCUT2D eigenvalue weighted by Gasteiger charge is 2.18. The maximum Gasteiger partial charge on any atom is 0.00401 e. The molecule has 72 valence electrons. The first-order valence-electron chi connectivity index (χ1n) is 4.78. The molecule has 0 saturated carbocycles. The van der Waals surface area contributed by atoms with Gasteiger partial charge in [-0.15, -0.1) is 0 Å². The van der Waals surface area contributed by atoms with Crippen molar-refractivity contribution in [1.82, 2.24) is 5.32 Å². The van der Waals surface area contributed by atoms with Gasteiger partial charge < -0.3 is 5.32 Å². The molecule has 1 aromatic carbocycles. The Morgan fingerprint density at radius 1 is 1.15 bits per heavy atom. The minimum absolute atomic E-state index is 0.225. The van der Waals surface area contributed by atoms with E-state index in [4.69, 9.17) is 0 Å². The molecule has 0 bridgehead atoms. The van der Waals surface area contributed by atoms with Crippen LogP contribution in [0.4, 0.5) is 0 Å². The van der Waals surface area contributed by atoms with Crippen LogP contribution in [0.25, 0.3) is 0 Å². The molecule has 0 atom stereocenters. The van der Waals surface area contributed by atoms with E-state index >= 15 is 0 Å². The molecular weight excluding hydrogens is 158 g/mol. The van der Waals surface area contributed by atoms with Crippen molar-refractivity contribution in [2.24, 2.45) is 0 Å². The zero-order valence-corrected chi connectivity index (χ0v) is 9.02. The van der Waals surface area contributed by atoms with Crippen LogP contribution in [-0.4, -0.2) is 13.6 Å². The molecule has 0 saturated heterocycles. The van der Waals surface area contributed by atoms with Crippen molar-refractivity contribution >= 4 is 0 Å². The molecule has 1 aromatic rings. The smallest absolute Gasteiger partial charge is 0.00401 e. The number of hydrogen-bond acceptors (Lipinski definition) is 1. The molecule has 1 rings (SSSR count). The summed E-state index contributed by atoms with van der Waals surface area (Å²) in [5, 5.41) is 3.22. The second-order valence-electron chi connectivity index (χ2n) is 4.28. The fourth-order valence-electron chi connectivity index (χ4n) is 1.55. The number of aryl methyl sites for hydroxylation is 1. The topological polar surface area (TPSA) is 12.0 Å². The summed E-state index contributed by atoms with van der Waals surface area (Å²) in [4.78, 5) is 0. The first kappa shape index (κ1) is 10.3. The van der Waals surface area contributed by atoms with Crippen LogP contribution in [0.1, 0.15) is 25.0 Å². The Morgan fingerprint density at radius 3 is 2.15 bits per heavy atom. The Morgan fingerprint density at radius 2 is 1.69 bits per heavy atom. The van der Waals surface area contributed by atoms with E-state index in [1.807, 2.05) is 7.05 Å². The van der Waals surface area contributed by atoms with Gasteiger partial charge in [0.2, 0.25) is 0 Å². The first-order valence-corrected chi connectivity index (χ1v) is 4.78. The predicted molar refractivity (Wildman–Crippen MR) is 58.1 cm³/mol. The number of hydrogen-bond donors (Lipinski definition) is 1.